The Morgan fingerprint density at radius 2 is 1.83 bits per heavy atom. The van der Waals surface area contributed by atoms with Crippen LogP contribution in [0.3, 0.4) is 0 Å². The van der Waals surface area contributed by atoms with Gasteiger partial charge >= 0.3 is 12.1 Å². The molecule has 0 atom stereocenters. The first kappa shape index (κ1) is 24.4. The minimum Gasteiger partial charge on any atom is -0.462 e. The molecule has 10 nitrogen and oxygen atoms in total. The van der Waals surface area contributed by atoms with Crippen LogP contribution in [-0.2, 0) is 9.47 Å². The minimum absolute atomic E-state index is 0.226. The van der Waals surface area contributed by atoms with Crippen LogP contribution in [0.2, 0.25) is 0 Å². The molecule has 4 rings (SSSR count). The molecule has 0 saturated heterocycles. The lowest BCUT2D eigenvalue weighted by atomic mass is 10.1. The van der Waals surface area contributed by atoms with Crippen molar-refractivity contribution < 1.29 is 23.9 Å². The van der Waals surface area contributed by atoms with Gasteiger partial charge in [0.2, 0.25) is 0 Å². The van der Waals surface area contributed by atoms with E-state index >= 15 is 0 Å². The highest BCUT2D eigenvalue weighted by Gasteiger charge is 2.19. The van der Waals surface area contributed by atoms with Crippen LogP contribution in [0.25, 0.3) is 16.9 Å². The molecule has 0 aliphatic heterocycles. The van der Waals surface area contributed by atoms with E-state index in [0.29, 0.717) is 34.8 Å². The van der Waals surface area contributed by atoms with Crippen LogP contribution in [-0.4, -0.2) is 52.6 Å². The van der Waals surface area contributed by atoms with Gasteiger partial charge < -0.3 is 14.4 Å². The van der Waals surface area contributed by atoms with Crippen LogP contribution in [0, 0.1) is 0 Å². The van der Waals surface area contributed by atoms with Crippen LogP contribution < -0.4 is 10.2 Å². The largest absolute Gasteiger partial charge is 0.462 e. The van der Waals surface area contributed by atoms with Crippen LogP contribution in [0.5, 0.6) is 0 Å². The van der Waals surface area contributed by atoms with Crippen LogP contribution in [0.15, 0.2) is 67.1 Å². The fourth-order valence-corrected chi connectivity index (χ4v) is 3.71. The Labute approximate surface area is 207 Å². The number of nitrogens with one attached hydrogen (secondary N) is 1. The number of carbonyl (C=O) groups is 3. The van der Waals surface area contributed by atoms with E-state index in [9.17, 15) is 14.4 Å². The van der Waals surface area contributed by atoms with Gasteiger partial charge in [0, 0.05) is 30.2 Å². The maximum absolute atomic E-state index is 13.5. The van der Waals surface area contributed by atoms with E-state index in [1.165, 1.54) is 7.11 Å². The highest BCUT2D eigenvalue weighted by molar-refractivity contribution is 6.06. The highest BCUT2D eigenvalue weighted by Crippen LogP contribution is 2.24. The number of nitrogens with zero attached hydrogens (tertiary/aromatic N) is 4. The Bertz CT molecular complexity index is 1410. The molecule has 3 heterocycles. The zero-order chi connectivity index (χ0) is 25.7. The second kappa shape index (κ2) is 10.7. The van der Waals surface area contributed by atoms with E-state index in [0.717, 1.165) is 11.3 Å². The number of pyridine rings is 2. The fraction of sp³-hybridized carbons (Fsp3) is 0.192. The van der Waals surface area contributed by atoms with Crippen molar-refractivity contribution in [3.05, 3.63) is 78.2 Å². The molecule has 4 aromatic rings. The van der Waals surface area contributed by atoms with Crippen molar-refractivity contribution >= 4 is 35.1 Å². The number of fused-ring (bicyclic) bond motifs is 1. The molecule has 0 radical (unpaired) electrons. The molecule has 0 fully saturated rings. The summed E-state index contributed by atoms with van der Waals surface area (Å²) in [4.78, 5) is 47.3. The standard InChI is InChI=1S/C26H25N5O5/c1-4-30(20-8-6-7-17(13-20)25(33)36-5-2)24(32)19-10-12-23-28-15-21(31(23)16-19)18-9-11-22(27-14-18)29-26(34)35-3/h6-16H,4-5H2,1-3H3,(H,27,29,34). The molecular weight excluding hydrogens is 462 g/mol. The minimum atomic E-state index is -0.610. The summed E-state index contributed by atoms with van der Waals surface area (Å²) in [7, 11) is 1.28. The Morgan fingerprint density at radius 1 is 1.00 bits per heavy atom. The van der Waals surface area contributed by atoms with Crippen molar-refractivity contribution in [1.29, 1.82) is 0 Å². The molecule has 3 aromatic heterocycles. The smallest absolute Gasteiger partial charge is 0.412 e. The number of anilines is 2. The van der Waals surface area contributed by atoms with Gasteiger partial charge in [-0.15, -0.1) is 0 Å². The van der Waals surface area contributed by atoms with E-state index in [-0.39, 0.29) is 12.5 Å². The Hall–Kier alpha value is -4.73. The molecule has 1 aromatic carbocycles. The van der Waals surface area contributed by atoms with Crippen molar-refractivity contribution in [2.24, 2.45) is 0 Å². The number of esters is 1. The molecule has 36 heavy (non-hydrogen) atoms. The number of ether oxygens (including phenoxy) is 2. The van der Waals surface area contributed by atoms with Crippen LogP contribution in [0.1, 0.15) is 34.6 Å². The SMILES string of the molecule is CCOC(=O)c1cccc(N(CC)C(=O)c2ccc3ncc(-c4ccc(NC(=O)OC)nc4)n3c2)c1. The summed E-state index contributed by atoms with van der Waals surface area (Å²) in [5, 5.41) is 2.50. The number of hydrogen-bond donors (Lipinski definition) is 1. The number of benzene rings is 1. The molecule has 10 heteroatoms. The van der Waals surface area contributed by atoms with Gasteiger partial charge in [0.15, 0.2) is 0 Å². The first-order valence-corrected chi connectivity index (χ1v) is 11.3. The highest BCUT2D eigenvalue weighted by atomic mass is 16.5. The number of methoxy groups -OCH3 is 1. The number of imidazole rings is 1. The average molecular weight is 488 g/mol. The predicted octanol–water partition coefficient (Wildman–Crippen LogP) is 4.42. The lowest BCUT2D eigenvalue weighted by Gasteiger charge is -2.22. The van der Waals surface area contributed by atoms with E-state index in [1.54, 1.807) is 83.3 Å². The fourth-order valence-electron chi connectivity index (χ4n) is 3.71. The first-order valence-electron chi connectivity index (χ1n) is 11.3. The summed E-state index contributed by atoms with van der Waals surface area (Å²) >= 11 is 0. The zero-order valence-electron chi connectivity index (χ0n) is 20.1. The van der Waals surface area contributed by atoms with Gasteiger partial charge in [0.25, 0.3) is 5.91 Å². The van der Waals surface area contributed by atoms with Gasteiger partial charge in [-0.2, -0.15) is 0 Å². The second-order valence-electron chi connectivity index (χ2n) is 7.66. The van der Waals surface area contributed by atoms with Gasteiger partial charge in [-0.3, -0.25) is 14.5 Å². The van der Waals surface area contributed by atoms with Crippen LogP contribution in [0.4, 0.5) is 16.3 Å². The van der Waals surface area contributed by atoms with Crippen molar-refractivity contribution in [1.82, 2.24) is 14.4 Å². The Balaban J connectivity index is 1.64. The van der Waals surface area contributed by atoms with Gasteiger partial charge in [-0.25, -0.2) is 19.6 Å². The molecule has 0 spiro atoms. The lowest BCUT2D eigenvalue weighted by Crippen LogP contribution is -2.31. The number of rotatable bonds is 7. The Morgan fingerprint density at radius 3 is 2.53 bits per heavy atom. The molecular formula is C26H25N5O5. The van der Waals surface area contributed by atoms with E-state index in [4.69, 9.17) is 4.74 Å². The summed E-state index contributed by atoms with van der Waals surface area (Å²) < 4.78 is 11.5. The number of aromatic nitrogens is 3. The number of amides is 2. The molecule has 0 aliphatic carbocycles. The summed E-state index contributed by atoms with van der Waals surface area (Å²) in [6.45, 7) is 4.28. The van der Waals surface area contributed by atoms with Crippen molar-refractivity contribution in [2.75, 3.05) is 30.5 Å². The van der Waals surface area contributed by atoms with E-state index in [2.05, 4.69) is 20.0 Å². The van der Waals surface area contributed by atoms with Crippen molar-refractivity contribution in [3.63, 3.8) is 0 Å². The quantitative estimate of drug-likeness (QED) is 0.384. The molecule has 0 bridgehead atoms. The van der Waals surface area contributed by atoms with Crippen molar-refractivity contribution in [3.8, 4) is 11.3 Å². The van der Waals surface area contributed by atoms with Gasteiger partial charge in [-0.05, 0) is 56.3 Å². The third-order valence-corrected chi connectivity index (χ3v) is 5.46. The molecule has 1 N–H and O–H groups in total. The molecule has 0 aliphatic rings. The van der Waals surface area contributed by atoms with Crippen molar-refractivity contribution in [2.45, 2.75) is 13.8 Å². The van der Waals surface area contributed by atoms with Gasteiger partial charge in [0.05, 0.1) is 36.7 Å². The van der Waals surface area contributed by atoms with Gasteiger partial charge in [-0.1, -0.05) is 6.07 Å². The monoisotopic (exact) mass is 487 g/mol. The molecule has 0 saturated carbocycles. The topological polar surface area (TPSA) is 115 Å². The normalized spacial score (nSPS) is 10.6. The zero-order valence-corrected chi connectivity index (χ0v) is 20.1. The van der Waals surface area contributed by atoms with E-state index in [1.807, 2.05) is 6.92 Å². The maximum Gasteiger partial charge on any atom is 0.412 e. The number of hydrogen-bond acceptors (Lipinski definition) is 7. The number of carbonyl (C=O) groups excluding carboxylic acids is 3. The first-order chi connectivity index (χ1) is 17.4. The van der Waals surface area contributed by atoms with Crippen LogP contribution >= 0.6 is 0 Å². The molecule has 2 amide bonds. The molecule has 0 unspecified atom stereocenters. The average Bonchev–Trinajstić information content (AvgIpc) is 3.33. The third kappa shape index (κ3) is 5.02. The lowest BCUT2D eigenvalue weighted by molar-refractivity contribution is 0.0526. The third-order valence-electron chi connectivity index (χ3n) is 5.46. The summed E-state index contributed by atoms with van der Waals surface area (Å²) in [6.07, 6.45) is 4.40. The van der Waals surface area contributed by atoms with Gasteiger partial charge in [0.1, 0.15) is 11.5 Å². The second-order valence-corrected chi connectivity index (χ2v) is 7.66. The summed E-state index contributed by atoms with van der Waals surface area (Å²) in [5.41, 5.74) is 3.55. The Kier molecular flexibility index (Phi) is 7.24. The predicted molar refractivity (Wildman–Crippen MR) is 134 cm³/mol. The summed E-state index contributed by atoms with van der Waals surface area (Å²) in [5.74, 6) is -0.316. The summed E-state index contributed by atoms with van der Waals surface area (Å²) in [6, 6.07) is 13.7. The maximum atomic E-state index is 13.5. The van der Waals surface area contributed by atoms with E-state index < -0.39 is 12.1 Å². The molecule has 184 valence electrons.